The molecule has 6 atom stereocenters. The van der Waals surface area contributed by atoms with Crippen LogP contribution in [0.4, 0.5) is 0 Å². The first-order valence-corrected chi connectivity index (χ1v) is 7.59. The van der Waals surface area contributed by atoms with Crippen molar-refractivity contribution in [2.45, 2.75) is 31.3 Å². The molecule has 1 heterocycles. The summed E-state index contributed by atoms with van der Waals surface area (Å²) in [4.78, 5) is 4.05. The second-order valence-electron chi connectivity index (χ2n) is 6.68. The molecule has 0 aliphatic heterocycles. The molecule has 3 fully saturated rings. The summed E-state index contributed by atoms with van der Waals surface area (Å²) in [5.41, 5.74) is 7.07. The molecular weight excluding hydrogens is 236 g/mol. The van der Waals surface area contributed by atoms with E-state index in [2.05, 4.69) is 4.98 Å². The Balaban J connectivity index is 1.53. The van der Waals surface area contributed by atoms with Crippen LogP contribution in [0.15, 0.2) is 24.5 Å². The molecule has 4 rings (SSSR count). The van der Waals surface area contributed by atoms with Gasteiger partial charge in [-0.2, -0.15) is 0 Å². The van der Waals surface area contributed by atoms with Gasteiger partial charge in [0, 0.05) is 24.9 Å². The van der Waals surface area contributed by atoms with Crippen LogP contribution in [0.3, 0.4) is 0 Å². The van der Waals surface area contributed by atoms with Crippen molar-refractivity contribution in [1.29, 1.82) is 0 Å². The van der Waals surface area contributed by atoms with E-state index in [4.69, 9.17) is 5.73 Å². The molecule has 6 unspecified atom stereocenters. The third-order valence-electron chi connectivity index (χ3n) is 5.99. The van der Waals surface area contributed by atoms with Crippen LogP contribution in [0.5, 0.6) is 0 Å². The van der Waals surface area contributed by atoms with Crippen molar-refractivity contribution in [2.75, 3.05) is 6.54 Å². The van der Waals surface area contributed by atoms with Crippen LogP contribution in [0, 0.1) is 29.6 Å². The Hall–Kier alpha value is -0.930. The van der Waals surface area contributed by atoms with Gasteiger partial charge in [-0.1, -0.05) is 0 Å². The molecule has 19 heavy (non-hydrogen) atoms. The van der Waals surface area contributed by atoms with Gasteiger partial charge in [-0.05, 0) is 66.5 Å². The van der Waals surface area contributed by atoms with Crippen molar-refractivity contribution in [3.05, 3.63) is 30.1 Å². The van der Waals surface area contributed by atoms with Gasteiger partial charge in [0.25, 0.3) is 0 Å². The van der Waals surface area contributed by atoms with Gasteiger partial charge in [0.1, 0.15) is 0 Å². The van der Waals surface area contributed by atoms with Crippen LogP contribution in [-0.4, -0.2) is 22.7 Å². The summed E-state index contributed by atoms with van der Waals surface area (Å²) in [5, 5.41) is 10.8. The topological polar surface area (TPSA) is 59.1 Å². The van der Waals surface area contributed by atoms with Crippen LogP contribution < -0.4 is 5.73 Å². The summed E-state index contributed by atoms with van der Waals surface area (Å²) in [7, 11) is 0. The number of aliphatic hydroxyl groups is 1. The van der Waals surface area contributed by atoms with E-state index in [1.165, 1.54) is 19.3 Å². The highest BCUT2D eigenvalue weighted by Gasteiger charge is 2.67. The van der Waals surface area contributed by atoms with E-state index in [-0.39, 0.29) is 12.0 Å². The van der Waals surface area contributed by atoms with Gasteiger partial charge in [0.05, 0.1) is 6.10 Å². The molecule has 3 aliphatic carbocycles. The van der Waals surface area contributed by atoms with E-state index in [1.807, 2.05) is 12.1 Å². The highest BCUT2D eigenvalue weighted by atomic mass is 16.3. The van der Waals surface area contributed by atoms with E-state index in [0.29, 0.717) is 12.5 Å². The summed E-state index contributed by atoms with van der Waals surface area (Å²) in [6.07, 6.45) is 7.56. The Morgan fingerprint density at radius 2 is 1.84 bits per heavy atom. The summed E-state index contributed by atoms with van der Waals surface area (Å²) >= 11 is 0. The second-order valence-corrected chi connectivity index (χ2v) is 6.68. The fourth-order valence-electron chi connectivity index (χ4n) is 5.20. The molecule has 0 saturated heterocycles. The lowest BCUT2D eigenvalue weighted by Gasteiger charge is -2.24. The van der Waals surface area contributed by atoms with Crippen molar-refractivity contribution in [3.8, 4) is 0 Å². The van der Waals surface area contributed by atoms with Crippen molar-refractivity contribution in [3.63, 3.8) is 0 Å². The van der Waals surface area contributed by atoms with Crippen LogP contribution in [0.25, 0.3) is 0 Å². The van der Waals surface area contributed by atoms with Gasteiger partial charge >= 0.3 is 0 Å². The van der Waals surface area contributed by atoms with Gasteiger partial charge in [-0.3, -0.25) is 4.98 Å². The number of aromatic nitrogens is 1. The highest BCUT2D eigenvalue weighted by Crippen LogP contribution is 2.71. The average Bonchev–Trinajstić information content (AvgIpc) is 2.89. The zero-order valence-electron chi connectivity index (χ0n) is 11.2. The van der Waals surface area contributed by atoms with Crippen molar-refractivity contribution >= 4 is 0 Å². The molecule has 0 radical (unpaired) electrons. The lowest BCUT2D eigenvalue weighted by Crippen LogP contribution is -2.29. The van der Waals surface area contributed by atoms with Gasteiger partial charge in [0.15, 0.2) is 0 Å². The minimum absolute atomic E-state index is 0.0815. The number of nitrogens with two attached hydrogens (primary N) is 1. The maximum atomic E-state index is 10.8. The number of fused-ring (bicyclic) bond motifs is 5. The monoisotopic (exact) mass is 258 g/mol. The second kappa shape index (κ2) is 4.29. The number of hydrogen-bond acceptors (Lipinski definition) is 3. The molecule has 1 aromatic rings. The Morgan fingerprint density at radius 1 is 1.21 bits per heavy atom. The Labute approximate surface area is 114 Å². The van der Waals surface area contributed by atoms with Gasteiger partial charge in [0.2, 0.25) is 0 Å². The summed E-state index contributed by atoms with van der Waals surface area (Å²) in [5.74, 6) is 4.04. The Bertz CT molecular complexity index is 447. The number of aliphatic hydroxyl groups excluding tert-OH is 1. The third-order valence-corrected chi connectivity index (χ3v) is 5.99. The number of hydrogen-bond donors (Lipinski definition) is 2. The zero-order chi connectivity index (χ0) is 13.0. The molecule has 3 nitrogen and oxygen atoms in total. The summed E-state index contributed by atoms with van der Waals surface area (Å²) in [6, 6.07) is 3.99. The molecule has 0 aromatic carbocycles. The molecule has 2 bridgehead atoms. The van der Waals surface area contributed by atoms with E-state index < -0.39 is 0 Å². The molecule has 3 saturated carbocycles. The Morgan fingerprint density at radius 3 is 2.42 bits per heavy atom. The normalized spacial score (nSPS) is 41.9. The maximum absolute atomic E-state index is 10.8. The molecule has 0 amide bonds. The van der Waals surface area contributed by atoms with Crippen LogP contribution in [-0.2, 0) is 0 Å². The molecular formula is C16H22N2O. The largest absolute Gasteiger partial charge is 0.392 e. The van der Waals surface area contributed by atoms with Crippen LogP contribution in [0.1, 0.15) is 30.7 Å². The molecule has 3 heteroatoms. The first kappa shape index (κ1) is 11.9. The fourth-order valence-corrected chi connectivity index (χ4v) is 5.20. The minimum atomic E-state index is -0.259. The quantitative estimate of drug-likeness (QED) is 0.865. The van der Waals surface area contributed by atoms with Gasteiger partial charge in [-0.15, -0.1) is 0 Å². The van der Waals surface area contributed by atoms with Gasteiger partial charge in [-0.25, -0.2) is 0 Å². The van der Waals surface area contributed by atoms with E-state index in [0.717, 1.165) is 29.2 Å². The van der Waals surface area contributed by atoms with Crippen molar-refractivity contribution < 1.29 is 5.11 Å². The summed E-state index contributed by atoms with van der Waals surface area (Å²) < 4.78 is 0. The van der Waals surface area contributed by atoms with E-state index in [1.54, 1.807) is 12.4 Å². The molecule has 3 aliphatic rings. The first-order valence-electron chi connectivity index (χ1n) is 7.59. The SMILES string of the molecule is NCC(c1ccncc1)C(O)C1C2C3CCC(C3)C21. The highest BCUT2D eigenvalue weighted by molar-refractivity contribution is 5.23. The lowest BCUT2D eigenvalue weighted by molar-refractivity contribution is 0.102. The third kappa shape index (κ3) is 1.68. The van der Waals surface area contributed by atoms with E-state index in [9.17, 15) is 5.11 Å². The minimum Gasteiger partial charge on any atom is -0.392 e. The van der Waals surface area contributed by atoms with E-state index >= 15 is 0 Å². The zero-order valence-corrected chi connectivity index (χ0v) is 11.2. The molecule has 102 valence electrons. The molecule has 0 spiro atoms. The van der Waals surface area contributed by atoms with Crippen molar-refractivity contribution in [1.82, 2.24) is 4.98 Å². The Kier molecular flexibility index (Phi) is 2.68. The summed E-state index contributed by atoms with van der Waals surface area (Å²) in [6.45, 7) is 0.524. The number of pyridine rings is 1. The predicted octanol–water partition coefficient (Wildman–Crippen LogP) is 1.78. The van der Waals surface area contributed by atoms with Crippen LogP contribution in [0.2, 0.25) is 0 Å². The number of rotatable bonds is 4. The standard InChI is InChI=1S/C16H22N2O/c17-8-12(9-3-5-18-6-4-9)16(19)15-13-10-1-2-11(7-10)14(13)15/h3-6,10-16,19H,1-2,7-8,17H2. The lowest BCUT2D eigenvalue weighted by atomic mass is 9.87. The fraction of sp³-hybridized carbons (Fsp3) is 0.688. The number of nitrogens with zero attached hydrogens (tertiary/aromatic N) is 1. The van der Waals surface area contributed by atoms with Crippen LogP contribution >= 0.6 is 0 Å². The maximum Gasteiger partial charge on any atom is 0.0654 e. The molecule has 1 aromatic heterocycles. The predicted molar refractivity (Wildman–Crippen MR) is 73.3 cm³/mol. The molecule has 3 N–H and O–H groups in total. The first-order chi connectivity index (χ1) is 9.31. The van der Waals surface area contributed by atoms with Gasteiger partial charge < -0.3 is 10.8 Å². The average molecular weight is 258 g/mol. The smallest absolute Gasteiger partial charge is 0.0654 e. The van der Waals surface area contributed by atoms with Crippen molar-refractivity contribution in [2.24, 2.45) is 35.3 Å².